The monoisotopic (exact) mass is 514 g/mol. The van der Waals surface area contributed by atoms with Gasteiger partial charge in [0.1, 0.15) is 5.82 Å². The quantitative estimate of drug-likeness (QED) is 0.359. The minimum absolute atomic E-state index is 0. The molecule has 0 saturated carbocycles. The van der Waals surface area contributed by atoms with Crippen LogP contribution < -0.4 is 16.0 Å². The van der Waals surface area contributed by atoms with Crippen molar-refractivity contribution < 1.29 is 4.79 Å². The number of carbonyl (C=O) groups is 1. The van der Waals surface area contributed by atoms with E-state index >= 15 is 0 Å². The van der Waals surface area contributed by atoms with Crippen LogP contribution in [0.15, 0.2) is 23.3 Å². The Morgan fingerprint density at radius 1 is 1.24 bits per heavy atom. The molecule has 1 unspecified atom stereocenters. The van der Waals surface area contributed by atoms with Gasteiger partial charge in [0.05, 0.1) is 0 Å². The van der Waals surface area contributed by atoms with Gasteiger partial charge >= 0.3 is 0 Å². The van der Waals surface area contributed by atoms with Crippen molar-refractivity contribution in [1.29, 1.82) is 0 Å². The first-order valence-electron chi connectivity index (χ1n) is 10.6. The summed E-state index contributed by atoms with van der Waals surface area (Å²) in [5.41, 5.74) is 6.59. The number of likely N-dealkylation sites (tertiary alicyclic amines) is 1. The predicted octanol–water partition coefficient (Wildman–Crippen LogP) is 2.74. The molecule has 1 atom stereocenters. The number of pyridine rings is 1. The Kier molecular flexibility index (Phi) is 9.96. The molecule has 29 heavy (non-hydrogen) atoms. The topological polar surface area (TPSA) is 86.8 Å². The Morgan fingerprint density at radius 3 is 2.69 bits per heavy atom. The van der Waals surface area contributed by atoms with E-state index in [1.807, 2.05) is 13.2 Å². The van der Waals surface area contributed by atoms with Crippen molar-refractivity contribution in [3.05, 3.63) is 23.9 Å². The summed E-state index contributed by atoms with van der Waals surface area (Å²) in [6.45, 7) is 4.70. The van der Waals surface area contributed by atoms with Gasteiger partial charge in [0.25, 0.3) is 0 Å². The van der Waals surface area contributed by atoms with Crippen molar-refractivity contribution in [3.8, 4) is 0 Å². The van der Waals surface area contributed by atoms with Crippen LogP contribution in [0.2, 0.25) is 0 Å². The number of hydrogen-bond acceptors (Lipinski definition) is 4. The summed E-state index contributed by atoms with van der Waals surface area (Å²) in [7, 11) is 1.81. The Bertz CT molecular complexity index is 675. The third-order valence-corrected chi connectivity index (χ3v) is 5.71. The summed E-state index contributed by atoms with van der Waals surface area (Å²) in [5, 5.41) is 3.49. The number of aromatic nitrogens is 1. The van der Waals surface area contributed by atoms with Crippen LogP contribution in [0.5, 0.6) is 0 Å². The summed E-state index contributed by atoms with van der Waals surface area (Å²) < 4.78 is 0. The minimum Gasteiger partial charge on any atom is -0.370 e. The zero-order chi connectivity index (χ0) is 19.8. The van der Waals surface area contributed by atoms with E-state index in [1.165, 1.54) is 31.2 Å². The highest BCUT2D eigenvalue weighted by molar-refractivity contribution is 14.0. The standard InChI is InChI=1S/C21H34N6O.HI/c1-23-21(27-12-6-7-18(16-27)13-19(22)28)25-15-17-8-9-24-20(14-17)26-10-4-2-3-5-11-26;/h8-9,14,18H,2-7,10-13,15-16H2,1H3,(H2,22,28)(H,23,25);1H. The molecule has 0 aliphatic carbocycles. The van der Waals surface area contributed by atoms with Gasteiger partial charge in [-0.15, -0.1) is 24.0 Å². The van der Waals surface area contributed by atoms with Gasteiger partial charge < -0.3 is 20.9 Å². The van der Waals surface area contributed by atoms with Crippen LogP contribution in [0.4, 0.5) is 5.82 Å². The smallest absolute Gasteiger partial charge is 0.217 e. The van der Waals surface area contributed by atoms with Gasteiger partial charge in [-0.1, -0.05) is 12.8 Å². The van der Waals surface area contributed by atoms with E-state index in [9.17, 15) is 4.79 Å². The van der Waals surface area contributed by atoms with Crippen molar-refractivity contribution in [2.45, 2.75) is 51.5 Å². The predicted molar refractivity (Wildman–Crippen MR) is 129 cm³/mol. The van der Waals surface area contributed by atoms with E-state index in [2.05, 4.69) is 37.2 Å². The maximum atomic E-state index is 11.3. The van der Waals surface area contributed by atoms with Crippen LogP contribution in [0, 0.1) is 5.92 Å². The molecule has 2 fully saturated rings. The van der Waals surface area contributed by atoms with Crippen LogP contribution in [-0.4, -0.2) is 55.0 Å². The molecule has 0 spiro atoms. The van der Waals surface area contributed by atoms with E-state index in [-0.39, 0.29) is 29.9 Å². The highest BCUT2D eigenvalue weighted by Crippen LogP contribution is 2.20. The molecule has 2 saturated heterocycles. The lowest BCUT2D eigenvalue weighted by molar-refractivity contribution is -0.119. The van der Waals surface area contributed by atoms with Crippen molar-refractivity contribution in [2.24, 2.45) is 16.6 Å². The molecular weight excluding hydrogens is 479 g/mol. The molecule has 3 N–H and O–H groups in total. The van der Waals surface area contributed by atoms with Gasteiger partial charge in [0, 0.05) is 52.4 Å². The molecule has 3 rings (SSSR count). The Labute approximate surface area is 191 Å². The van der Waals surface area contributed by atoms with E-state index < -0.39 is 0 Å². The summed E-state index contributed by atoms with van der Waals surface area (Å²) in [4.78, 5) is 25.0. The molecule has 3 heterocycles. The van der Waals surface area contributed by atoms with Gasteiger partial charge in [-0.2, -0.15) is 0 Å². The molecule has 7 nitrogen and oxygen atoms in total. The van der Waals surface area contributed by atoms with Crippen molar-refractivity contribution in [3.63, 3.8) is 0 Å². The lowest BCUT2D eigenvalue weighted by atomic mass is 9.95. The lowest BCUT2D eigenvalue weighted by Gasteiger charge is -2.34. The van der Waals surface area contributed by atoms with Crippen LogP contribution in [0.25, 0.3) is 0 Å². The first kappa shape index (κ1) is 23.7. The van der Waals surface area contributed by atoms with Crippen LogP contribution in [0.3, 0.4) is 0 Å². The number of halogens is 1. The zero-order valence-electron chi connectivity index (χ0n) is 17.5. The minimum atomic E-state index is -0.215. The molecule has 1 amide bonds. The third kappa shape index (κ3) is 7.31. The number of guanidine groups is 1. The fraction of sp³-hybridized carbons (Fsp3) is 0.667. The molecule has 1 aromatic heterocycles. The Hall–Kier alpha value is -1.58. The second-order valence-corrected chi connectivity index (χ2v) is 7.95. The Morgan fingerprint density at radius 2 is 2.00 bits per heavy atom. The molecule has 2 aliphatic rings. The second kappa shape index (κ2) is 12.2. The number of nitrogens with zero attached hydrogens (tertiary/aromatic N) is 4. The number of primary amides is 1. The van der Waals surface area contributed by atoms with Crippen molar-refractivity contribution in [1.82, 2.24) is 15.2 Å². The molecule has 162 valence electrons. The highest BCUT2D eigenvalue weighted by atomic mass is 127. The summed E-state index contributed by atoms with van der Waals surface area (Å²) in [6.07, 6.45) is 9.62. The molecule has 0 bridgehead atoms. The summed E-state index contributed by atoms with van der Waals surface area (Å²) in [6, 6.07) is 4.26. The van der Waals surface area contributed by atoms with Crippen molar-refractivity contribution >= 4 is 41.7 Å². The SMILES string of the molecule is CN=C(NCc1ccnc(N2CCCCCC2)c1)N1CCCC(CC(N)=O)C1.I. The average Bonchev–Trinajstić information content (AvgIpc) is 2.98. The number of amides is 1. The number of nitrogens with one attached hydrogen (secondary N) is 1. The number of aliphatic imine (C=N–C) groups is 1. The third-order valence-electron chi connectivity index (χ3n) is 5.71. The van der Waals surface area contributed by atoms with Crippen LogP contribution in [0.1, 0.15) is 50.5 Å². The van der Waals surface area contributed by atoms with E-state index in [4.69, 9.17) is 5.73 Å². The van der Waals surface area contributed by atoms with E-state index in [1.54, 1.807) is 0 Å². The number of piperidine rings is 1. The molecule has 1 aromatic rings. The van der Waals surface area contributed by atoms with Gasteiger partial charge in [-0.05, 0) is 49.3 Å². The maximum Gasteiger partial charge on any atom is 0.217 e. The molecular formula is C21H35IN6O. The molecule has 0 radical (unpaired) electrons. The van der Waals surface area contributed by atoms with Gasteiger partial charge in [0.2, 0.25) is 5.91 Å². The number of rotatable bonds is 5. The summed E-state index contributed by atoms with van der Waals surface area (Å²) >= 11 is 0. The average molecular weight is 514 g/mol. The summed E-state index contributed by atoms with van der Waals surface area (Å²) in [5.74, 6) is 2.07. The van der Waals surface area contributed by atoms with E-state index in [0.717, 1.165) is 50.8 Å². The molecule has 8 heteroatoms. The first-order chi connectivity index (χ1) is 13.7. The lowest BCUT2D eigenvalue weighted by Crippen LogP contribution is -2.46. The number of anilines is 1. The van der Waals surface area contributed by atoms with Crippen LogP contribution >= 0.6 is 24.0 Å². The first-order valence-corrected chi connectivity index (χ1v) is 10.6. The zero-order valence-corrected chi connectivity index (χ0v) is 19.8. The van der Waals surface area contributed by atoms with Gasteiger partial charge in [-0.25, -0.2) is 4.98 Å². The molecule has 0 aromatic carbocycles. The van der Waals surface area contributed by atoms with Crippen LogP contribution in [-0.2, 0) is 11.3 Å². The fourth-order valence-corrected chi connectivity index (χ4v) is 4.27. The number of carbonyl (C=O) groups excluding carboxylic acids is 1. The largest absolute Gasteiger partial charge is 0.370 e. The fourth-order valence-electron chi connectivity index (χ4n) is 4.27. The van der Waals surface area contributed by atoms with Gasteiger partial charge in [0.15, 0.2) is 5.96 Å². The second-order valence-electron chi connectivity index (χ2n) is 7.95. The number of hydrogen-bond donors (Lipinski definition) is 2. The number of nitrogens with two attached hydrogens (primary N) is 1. The molecule has 2 aliphatic heterocycles. The van der Waals surface area contributed by atoms with E-state index in [0.29, 0.717) is 18.9 Å². The normalized spacial score (nSPS) is 20.6. The Balaban J connectivity index is 0.00000300. The van der Waals surface area contributed by atoms with Crippen molar-refractivity contribution in [2.75, 3.05) is 38.1 Å². The maximum absolute atomic E-state index is 11.3. The van der Waals surface area contributed by atoms with Gasteiger partial charge in [-0.3, -0.25) is 9.79 Å². The highest BCUT2D eigenvalue weighted by Gasteiger charge is 2.23.